The summed E-state index contributed by atoms with van der Waals surface area (Å²) in [7, 11) is 0. The van der Waals surface area contributed by atoms with Crippen LogP contribution in [-0.2, 0) is 9.59 Å². The third-order valence-electron chi connectivity index (χ3n) is 2.36. The highest BCUT2D eigenvalue weighted by molar-refractivity contribution is 5.75. The zero-order chi connectivity index (χ0) is 11.7. The Morgan fingerprint density at radius 1 is 1.13 bits per heavy atom. The van der Waals surface area contributed by atoms with Gasteiger partial charge in [0.05, 0.1) is 0 Å². The van der Waals surface area contributed by atoms with Gasteiger partial charge in [-0.2, -0.15) is 0 Å². The molecule has 4 heteroatoms. The third kappa shape index (κ3) is 9.41. The molecule has 0 fully saturated rings. The Morgan fingerprint density at radius 3 is 2.20 bits per heavy atom. The molecule has 0 aromatic rings. The topological polar surface area (TPSA) is 80.4 Å². The van der Waals surface area contributed by atoms with E-state index in [4.69, 9.17) is 10.8 Å². The van der Waals surface area contributed by atoms with Gasteiger partial charge in [-0.1, -0.05) is 25.7 Å². The maximum absolute atomic E-state index is 10.6. The van der Waals surface area contributed by atoms with E-state index in [2.05, 4.69) is 0 Å². The summed E-state index contributed by atoms with van der Waals surface area (Å²) in [6, 6.07) is -0.720. The number of nitrogens with two attached hydrogens (primary N) is 1. The van der Waals surface area contributed by atoms with Crippen LogP contribution in [0, 0.1) is 0 Å². The summed E-state index contributed by atoms with van der Waals surface area (Å²) < 4.78 is 0. The van der Waals surface area contributed by atoms with Crippen LogP contribution in [0.5, 0.6) is 0 Å². The second-order valence-corrected chi connectivity index (χ2v) is 3.95. The highest BCUT2D eigenvalue weighted by atomic mass is 16.4. The Morgan fingerprint density at radius 2 is 1.67 bits per heavy atom. The van der Waals surface area contributed by atoms with Crippen LogP contribution in [0.1, 0.15) is 51.9 Å². The van der Waals surface area contributed by atoms with E-state index in [1.807, 2.05) is 0 Å². The minimum atomic E-state index is -0.924. The average Bonchev–Trinajstić information content (AvgIpc) is 2.15. The van der Waals surface area contributed by atoms with Crippen molar-refractivity contribution in [2.45, 2.75) is 57.9 Å². The van der Waals surface area contributed by atoms with Gasteiger partial charge in [0.15, 0.2) is 0 Å². The molecule has 0 heterocycles. The van der Waals surface area contributed by atoms with Crippen LogP contribution in [0.2, 0.25) is 0 Å². The number of carboxylic acids is 1. The predicted molar refractivity (Wildman–Crippen MR) is 58.6 cm³/mol. The van der Waals surface area contributed by atoms with E-state index in [1.165, 1.54) is 0 Å². The standard InChI is InChI=1S/C11H21NO3/c1-9(13)7-5-3-2-4-6-8-10(12)11(14)15/h10H,2-8,12H2,1H3,(H,14,15). The number of hydrogen-bond acceptors (Lipinski definition) is 3. The van der Waals surface area contributed by atoms with Crippen molar-refractivity contribution in [2.75, 3.05) is 0 Å². The number of carbonyl (C=O) groups excluding carboxylic acids is 1. The van der Waals surface area contributed by atoms with Crippen molar-refractivity contribution in [3.63, 3.8) is 0 Å². The van der Waals surface area contributed by atoms with Gasteiger partial charge >= 0.3 is 5.97 Å². The van der Waals surface area contributed by atoms with Crippen molar-refractivity contribution in [1.82, 2.24) is 0 Å². The number of carboxylic acid groups (broad SMARTS) is 1. The van der Waals surface area contributed by atoms with Crippen molar-refractivity contribution < 1.29 is 14.7 Å². The summed E-state index contributed by atoms with van der Waals surface area (Å²) >= 11 is 0. The third-order valence-corrected chi connectivity index (χ3v) is 2.36. The molecule has 0 aromatic heterocycles. The summed E-state index contributed by atoms with van der Waals surface area (Å²) in [6.07, 6.45) is 6.10. The first-order valence-electron chi connectivity index (χ1n) is 5.52. The average molecular weight is 215 g/mol. The normalized spacial score (nSPS) is 12.4. The number of ketones is 1. The molecule has 0 saturated carbocycles. The summed E-state index contributed by atoms with van der Waals surface area (Å²) in [4.78, 5) is 21.0. The second-order valence-electron chi connectivity index (χ2n) is 3.95. The molecule has 88 valence electrons. The smallest absolute Gasteiger partial charge is 0.320 e. The van der Waals surface area contributed by atoms with E-state index in [1.54, 1.807) is 6.92 Å². The van der Waals surface area contributed by atoms with Crippen LogP contribution in [-0.4, -0.2) is 22.9 Å². The van der Waals surface area contributed by atoms with Crippen LogP contribution in [0.4, 0.5) is 0 Å². The zero-order valence-electron chi connectivity index (χ0n) is 9.37. The molecule has 15 heavy (non-hydrogen) atoms. The fraction of sp³-hybridized carbons (Fsp3) is 0.818. The summed E-state index contributed by atoms with van der Waals surface area (Å²) in [5, 5.41) is 8.52. The number of rotatable bonds is 9. The summed E-state index contributed by atoms with van der Waals surface area (Å²) in [5.74, 6) is -0.686. The van der Waals surface area contributed by atoms with E-state index in [0.717, 1.165) is 32.1 Å². The first-order valence-corrected chi connectivity index (χ1v) is 5.52. The first-order chi connectivity index (χ1) is 7.04. The lowest BCUT2D eigenvalue weighted by molar-refractivity contribution is -0.138. The Kier molecular flexibility index (Phi) is 7.91. The summed E-state index contributed by atoms with van der Waals surface area (Å²) in [6.45, 7) is 1.60. The Balaban J connectivity index is 3.18. The van der Waals surface area contributed by atoms with E-state index in [9.17, 15) is 9.59 Å². The highest BCUT2D eigenvalue weighted by Gasteiger charge is 2.09. The molecule has 0 aliphatic carbocycles. The molecular formula is C11H21NO3. The van der Waals surface area contributed by atoms with Crippen molar-refractivity contribution in [2.24, 2.45) is 5.73 Å². The minimum absolute atomic E-state index is 0.239. The SMILES string of the molecule is CC(=O)CCCCCCCC(N)C(=O)O. The highest BCUT2D eigenvalue weighted by Crippen LogP contribution is 2.08. The molecule has 0 aliphatic heterocycles. The lowest BCUT2D eigenvalue weighted by Crippen LogP contribution is -2.29. The fourth-order valence-electron chi connectivity index (χ4n) is 1.39. The van der Waals surface area contributed by atoms with Crippen LogP contribution >= 0.6 is 0 Å². The molecule has 1 atom stereocenters. The van der Waals surface area contributed by atoms with Gasteiger partial charge < -0.3 is 15.6 Å². The first kappa shape index (κ1) is 14.1. The van der Waals surface area contributed by atoms with Gasteiger partial charge in [-0.3, -0.25) is 4.79 Å². The number of carbonyl (C=O) groups is 2. The molecule has 0 aliphatic rings. The molecular weight excluding hydrogens is 194 g/mol. The lowest BCUT2D eigenvalue weighted by atomic mass is 10.1. The van der Waals surface area contributed by atoms with E-state index in [0.29, 0.717) is 12.8 Å². The monoisotopic (exact) mass is 215 g/mol. The molecule has 1 unspecified atom stereocenters. The Labute approximate surface area is 90.8 Å². The molecule has 0 saturated heterocycles. The number of unbranched alkanes of at least 4 members (excludes halogenated alkanes) is 4. The number of hydrogen-bond donors (Lipinski definition) is 2. The van der Waals surface area contributed by atoms with Gasteiger partial charge in [-0.15, -0.1) is 0 Å². The summed E-state index contributed by atoms with van der Waals surface area (Å²) in [5.41, 5.74) is 5.35. The molecule has 0 spiro atoms. The van der Waals surface area contributed by atoms with Gasteiger partial charge in [0.25, 0.3) is 0 Å². The largest absolute Gasteiger partial charge is 0.480 e. The molecule has 0 aromatic carbocycles. The van der Waals surface area contributed by atoms with Crippen molar-refractivity contribution in [3.05, 3.63) is 0 Å². The number of Topliss-reactive ketones (excluding diaryl/α,β-unsaturated/α-hetero) is 1. The maximum atomic E-state index is 10.6. The predicted octanol–water partition coefficient (Wildman–Crippen LogP) is 1.72. The van der Waals surface area contributed by atoms with Crippen molar-refractivity contribution in [3.8, 4) is 0 Å². The van der Waals surface area contributed by atoms with Crippen molar-refractivity contribution >= 4 is 11.8 Å². The van der Waals surface area contributed by atoms with E-state index in [-0.39, 0.29) is 5.78 Å². The van der Waals surface area contributed by atoms with Crippen LogP contribution in [0.15, 0.2) is 0 Å². The molecule has 0 amide bonds. The minimum Gasteiger partial charge on any atom is -0.480 e. The lowest BCUT2D eigenvalue weighted by Gasteiger charge is -2.05. The maximum Gasteiger partial charge on any atom is 0.320 e. The fourth-order valence-corrected chi connectivity index (χ4v) is 1.39. The van der Waals surface area contributed by atoms with Gasteiger partial charge in [0.2, 0.25) is 0 Å². The molecule has 0 radical (unpaired) electrons. The molecule has 0 bridgehead atoms. The van der Waals surface area contributed by atoms with Gasteiger partial charge in [0, 0.05) is 6.42 Å². The second kappa shape index (κ2) is 8.41. The molecule has 0 rings (SSSR count). The van der Waals surface area contributed by atoms with Crippen LogP contribution in [0.25, 0.3) is 0 Å². The Bertz CT molecular complexity index is 204. The van der Waals surface area contributed by atoms with Crippen molar-refractivity contribution in [1.29, 1.82) is 0 Å². The quantitative estimate of drug-likeness (QED) is 0.574. The van der Waals surface area contributed by atoms with E-state index >= 15 is 0 Å². The Hall–Kier alpha value is -0.900. The van der Waals surface area contributed by atoms with Gasteiger partial charge in [0.1, 0.15) is 11.8 Å². The molecule has 4 nitrogen and oxygen atoms in total. The molecule has 3 N–H and O–H groups in total. The number of aliphatic carboxylic acids is 1. The van der Waals surface area contributed by atoms with Crippen LogP contribution in [0.3, 0.4) is 0 Å². The van der Waals surface area contributed by atoms with Gasteiger partial charge in [-0.25, -0.2) is 0 Å². The zero-order valence-corrected chi connectivity index (χ0v) is 9.37. The van der Waals surface area contributed by atoms with E-state index < -0.39 is 12.0 Å². The van der Waals surface area contributed by atoms with Crippen LogP contribution < -0.4 is 5.73 Å². The van der Waals surface area contributed by atoms with Gasteiger partial charge in [-0.05, 0) is 19.8 Å².